The molecule has 1 saturated carbocycles. The van der Waals surface area contributed by atoms with Gasteiger partial charge in [0.15, 0.2) is 0 Å². The highest BCUT2D eigenvalue weighted by molar-refractivity contribution is 5.27. The van der Waals surface area contributed by atoms with Gasteiger partial charge in [-0.3, -0.25) is 0 Å². The van der Waals surface area contributed by atoms with Crippen molar-refractivity contribution in [3.8, 4) is 0 Å². The lowest BCUT2D eigenvalue weighted by Gasteiger charge is -2.52. The standard InChI is InChI=1S/C20H32/c1-14-7-6-11-20(5)12-10-17-15(2)8-9-16(13-18(14)20)19(17,3)4/h7,16,18H,6,8-13H2,1-5H3/t16-,18+,20-/m0/s1. The Bertz CT molecular complexity index is 462. The zero-order chi connectivity index (χ0) is 14.5. The molecule has 0 saturated heterocycles. The van der Waals surface area contributed by atoms with Crippen molar-refractivity contribution in [2.24, 2.45) is 22.7 Å². The topological polar surface area (TPSA) is 0 Å². The van der Waals surface area contributed by atoms with E-state index in [0.29, 0.717) is 10.8 Å². The minimum absolute atomic E-state index is 0.446. The van der Waals surface area contributed by atoms with E-state index in [-0.39, 0.29) is 0 Å². The smallest absolute Gasteiger partial charge is 0.0114 e. The van der Waals surface area contributed by atoms with Gasteiger partial charge in [0.2, 0.25) is 0 Å². The zero-order valence-corrected chi connectivity index (χ0v) is 14.2. The Balaban J connectivity index is 2.01. The van der Waals surface area contributed by atoms with Crippen LogP contribution in [0.2, 0.25) is 0 Å². The second-order valence-electron chi connectivity index (χ2n) is 8.65. The molecule has 1 fully saturated rings. The second kappa shape index (κ2) is 4.75. The van der Waals surface area contributed by atoms with Gasteiger partial charge < -0.3 is 0 Å². The molecule has 0 nitrogen and oxygen atoms in total. The molecule has 0 aromatic heterocycles. The third kappa shape index (κ3) is 2.11. The Hall–Kier alpha value is -0.520. The van der Waals surface area contributed by atoms with Crippen LogP contribution in [-0.4, -0.2) is 0 Å². The Morgan fingerprint density at radius 3 is 2.55 bits per heavy atom. The van der Waals surface area contributed by atoms with Crippen molar-refractivity contribution in [1.82, 2.24) is 0 Å². The van der Waals surface area contributed by atoms with Crippen molar-refractivity contribution >= 4 is 0 Å². The van der Waals surface area contributed by atoms with Crippen molar-refractivity contribution in [2.45, 2.75) is 79.6 Å². The van der Waals surface area contributed by atoms with Gasteiger partial charge in [-0.15, -0.1) is 0 Å². The predicted octanol–water partition coefficient (Wildman–Crippen LogP) is 6.29. The second-order valence-corrected chi connectivity index (χ2v) is 8.65. The van der Waals surface area contributed by atoms with E-state index in [1.165, 1.54) is 44.9 Å². The lowest BCUT2D eigenvalue weighted by molar-refractivity contribution is 0.0802. The first-order valence-corrected chi connectivity index (χ1v) is 8.70. The van der Waals surface area contributed by atoms with E-state index in [4.69, 9.17) is 0 Å². The summed E-state index contributed by atoms with van der Waals surface area (Å²) in [6.45, 7) is 12.4. The number of allylic oxidation sites excluding steroid dienone is 4. The molecule has 0 N–H and O–H groups in total. The number of rotatable bonds is 0. The molecule has 0 amide bonds. The average molecular weight is 272 g/mol. The van der Waals surface area contributed by atoms with Crippen LogP contribution in [0.3, 0.4) is 0 Å². The van der Waals surface area contributed by atoms with Crippen LogP contribution in [0.25, 0.3) is 0 Å². The first-order chi connectivity index (χ1) is 9.34. The molecule has 0 spiro atoms. The highest BCUT2D eigenvalue weighted by Crippen LogP contribution is 2.57. The van der Waals surface area contributed by atoms with E-state index in [2.05, 4.69) is 40.7 Å². The lowest BCUT2D eigenvalue weighted by atomic mass is 9.53. The van der Waals surface area contributed by atoms with Gasteiger partial charge in [-0.1, -0.05) is 43.6 Å². The molecule has 2 bridgehead atoms. The average Bonchev–Trinajstić information content (AvgIpc) is 2.35. The van der Waals surface area contributed by atoms with Gasteiger partial charge in [0.05, 0.1) is 0 Å². The summed E-state index contributed by atoms with van der Waals surface area (Å²) in [6.07, 6.45) is 12.2. The Labute approximate surface area is 125 Å². The highest BCUT2D eigenvalue weighted by atomic mass is 14.5. The summed E-state index contributed by atoms with van der Waals surface area (Å²) in [5.41, 5.74) is 6.25. The van der Waals surface area contributed by atoms with E-state index >= 15 is 0 Å². The Kier molecular flexibility index (Phi) is 3.42. The largest absolute Gasteiger partial charge is 0.0853 e. The molecule has 0 aromatic rings. The van der Waals surface area contributed by atoms with Crippen LogP contribution in [0.1, 0.15) is 79.6 Å². The van der Waals surface area contributed by atoms with Crippen LogP contribution >= 0.6 is 0 Å². The number of hydrogen-bond donors (Lipinski definition) is 0. The molecule has 0 radical (unpaired) electrons. The van der Waals surface area contributed by atoms with E-state index in [1.54, 1.807) is 11.1 Å². The molecule has 0 aromatic carbocycles. The van der Waals surface area contributed by atoms with Crippen LogP contribution in [-0.2, 0) is 0 Å². The zero-order valence-electron chi connectivity index (χ0n) is 14.2. The monoisotopic (exact) mass is 272 g/mol. The Morgan fingerprint density at radius 1 is 1.05 bits per heavy atom. The van der Waals surface area contributed by atoms with Crippen LogP contribution in [0, 0.1) is 22.7 Å². The molecule has 3 atom stereocenters. The molecule has 3 aliphatic rings. The van der Waals surface area contributed by atoms with Crippen LogP contribution in [0.5, 0.6) is 0 Å². The normalized spacial score (nSPS) is 40.5. The van der Waals surface area contributed by atoms with Crippen LogP contribution < -0.4 is 0 Å². The molecule has 20 heavy (non-hydrogen) atoms. The molecule has 0 heteroatoms. The fourth-order valence-corrected chi connectivity index (χ4v) is 5.61. The lowest BCUT2D eigenvalue weighted by Crippen LogP contribution is -2.41. The highest BCUT2D eigenvalue weighted by Gasteiger charge is 2.46. The number of fused-ring (bicyclic) bond motifs is 3. The number of hydrogen-bond acceptors (Lipinski definition) is 0. The summed E-state index contributed by atoms with van der Waals surface area (Å²) < 4.78 is 0. The van der Waals surface area contributed by atoms with Gasteiger partial charge >= 0.3 is 0 Å². The molecule has 112 valence electrons. The fraction of sp³-hybridized carbons (Fsp3) is 0.800. The van der Waals surface area contributed by atoms with Gasteiger partial charge in [-0.25, -0.2) is 0 Å². The summed E-state index contributed by atoms with van der Waals surface area (Å²) in [4.78, 5) is 0. The molecular formula is C20H32. The van der Waals surface area contributed by atoms with Gasteiger partial charge in [0, 0.05) is 0 Å². The third-order valence-corrected chi connectivity index (χ3v) is 7.22. The SMILES string of the molecule is CC1=CCC[C@@]2(C)CCC3=C(C)CC[C@@H](C[C@H]12)C3(C)C. The van der Waals surface area contributed by atoms with Crippen molar-refractivity contribution in [3.63, 3.8) is 0 Å². The molecule has 0 unspecified atom stereocenters. The fourth-order valence-electron chi connectivity index (χ4n) is 5.61. The van der Waals surface area contributed by atoms with E-state index in [9.17, 15) is 0 Å². The minimum Gasteiger partial charge on any atom is -0.0853 e. The quantitative estimate of drug-likeness (QED) is 0.455. The summed E-state index contributed by atoms with van der Waals surface area (Å²) in [6, 6.07) is 0. The molecule has 3 aliphatic carbocycles. The van der Waals surface area contributed by atoms with Crippen molar-refractivity contribution < 1.29 is 0 Å². The summed E-state index contributed by atoms with van der Waals surface area (Å²) in [5.74, 6) is 1.74. The predicted molar refractivity (Wildman–Crippen MR) is 87.6 cm³/mol. The first kappa shape index (κ1) is 14.4. The minimum atomic E-state index is 0.446. The summed E-state index contributed by atoms with van der Waals surface area (Å²) in [5, 5.41) is 0. The van der Waals surface area contributed by atoms with Gasteiger partial charge in [0.25, 0.3) is 0 Å². The summed E-state index contributed by atoms with van der Waals surface area (Å²) >= 11 is 0. The van der Waals surface area contributed by atoms with Crippen molar-refractivity contribution in [1.29, 1.82) is 0 Å². The van der Waals surface area contributed by atoms with Crippen molar-refractivity contribution in [3.05, 3.63) is 22.8 Å². The Morgan fingerprint density at radius 2 is 1.80 bits per heavy atom. The maximum atomic E-state index is 2.58. The first-order valence-electron chi connectivity index (χ1n) is 8.70. The maximum absolute atomic E-state index is 2.58. The maximum Gasteiger partial charge on any atom is -0.0114 e. The van der Waals surface area contributed by atoms with Crippen LogP contribution in [0.4, 0.5) is 0 Å². The van der Waals surface area contributed by atoms with Gasteiger partial charge in [-0.2, -0.15) is 0 Å². The van der Waals surface area contributed by atoms with Gasteiger partial charge in [-0.05, 0) is 81.5 Å². The van der Waals surface area contributed by atoms with E-state index < -0.39 is 0 Å². The van der Waals surface area contributed by atoms with Gasteiger partial charge in [0.1, 0.15) is 0 Å². The third-order valence-electron chi connectivity index (χ3n) is 7.22. The van der Waals surface area contributed by atoms with Crippen molar-refractivity contribution in [2.75, 3.05) is 0 Å². The molecular weight excluding hydrogens is 240 g/mol. The molecule has 0 heterocycles. The summed E-state index contributed by atoms with van der Waals surface area (Å²) in [7, 11) is 0. The van der Waals surface area contributed by atoms with E-state index in [1.807, 2.05) is 5.57 Å². The van der Waals surface area contributed by atoms with E-state index in [0.717, 1.165) is 11.8 Å². The molecule has 3 rings (SSSR count). The van der Waals surface area contributed by atoms with Crippen LogP contribution in [0.15, 0.2) is 22.8 Å². The molecule has 0 aliphatic heterocycles.